The first-order chi connectivity index (χ1) is 10.3. The van der Waals surface area contributed by atoms with Gasteiger partial charge in [-0.2, -0.15) is 0 Å². The Hall–Kier alpha value is -2.01. The van der Waals surface area contributed by atoms with E-state index in [1.807, 2.05) is 29.2 Å². The number of nitrogens with two attached hydrogens (primary N) is 1. The quantitative estimate of drug-likeness (QED) is 0.851. The monoisotopic (exact) mass is 288 g/mol. The Balaban J connectivity index is 1.64. The SMILES string of the molecule is NCC1CCN(C(=O)/C=C/c2ccc3c(c2)OCCO3)C1. The van der Waals surface area contributed by atoms with Gasteiger partial charge in [0.25, 0.3) is 0 Å². The molecular weight excluding hydrogens is 268 g/mol. The van der Waals surface area contributed by atoms with Crippen molar-refractivity contribution in [3.63, 3.8) is 0 Å². The van der Waals surface area contributed by atoms with E-state index in [2.05, 4.69) is 0 Å². The number of likely N-dealkylation sites (tertiary alicyclic amines) is 1. The Morgan fingerprint density at radius 3 is 2.90 bits per heavy atom. The smallest absolute Gasteiger partial charge is 0.246 e. The number of hydrogen-bond acceptors (Lipinski definition) is 4. The van der Waals surface area contributed by atoms with Crippen molar-refractivity contribution in [1.29, 1.82) is 0 Å². The second-order valence-corrected chi connectivity index (χ2v) is 5.41. The van der Waals surface area contributed by atoms with E-state index in [0.717, 1.165) is 36.6 Å². The van der Waals surface area contributed by atoms with Gasteiger partial charge in [0.2, 0.25) is 5.91 Å². The van der Waals surface area contributed by atoms with Gasteiger partial charge in [-0.05, 0) is 42.7 Å². The lowest BCUT2D eigenvalue weighted by Crippen LogP contribution is -2.28. The molecule has 2 aliphatic heterocycles. The highest BCUT2D eigenvalue weighted by Crippen LogP contribution is 2.31. The van der Waals surface area contributed by atoms with Gasteiger partial charge in [-0.15, -0.1) is 0 Å². The first-order valence-electron chi connectivity index (χ1n) is 7.33. The molecule has 5 nitrogen and oxygen atoms in total. The Morgan fingerprint density at radius 1 is 1.33 bits per heavy atom. The van der Waals surface area contributed by atoms with Crippen molar-refractivity contribution in [3.8, 4) is 11.5 Å². The number of fused-ring (bicyclic) bond motifs is 1. The van der Waals surface area contributed by atoms with Crippen LogP contribution in [0.4, 0.5) is 0 Å². The summed E-state index contributed by atoms with van der Waals surface area (Å²) in [7, 11) is 0. The first kappa shape index (κ1) is 13.9. The summed E-state index contributed by atoms with van der Waals surface area (Å²) < 4.78 is 11.0. The van der Waals surface area contributed by atoms with E-state index in [0.29, 0.717) is 25.7 Å². The molecule has 1 fully saturated rings. The largest absolute Gasteiger partial charge is 0.486 e. The Labute approximate surface area is 124 Å². The number of nitrogens with zero attached hydrogens (tertiary/aromatic N) is 1. The number of hydrogen-bond donors (Lipinski definition) is 1. The Bertz CT molecular complexity index is 556. The molecule has 5 heteroatoms. The molecule has 112 valence electrons. The number of carbonyl (C=O) groups is 1. The van der Waals surface area contributed by atoms with Crippen molar-refractivity contribution in [3.05, 3.63) is 29.8 Å². The lowest BCUT2D eigenvalue weighted by molar-refractivity contribution is -0.125. The average molecular weight is 288 g/mol. The highest BCUT2D eigenvalue weighted by atomic mass is 16.6. The summed E-state index contributed by atoms with van der Waals surface area (Å²) in [5.41, 5.74) is 6.58. The summed E-state index contributed by atoms with van der Waals surface area (Å²) in [6.07, 6.45) is 4.43. The van der Waals surface area contributed by atoms with Gasteiger partial charge < -0.3 is 20.1 Å². The zero-order valence-electron chi connectivity index (χ0n) is 12.0. The van der Waals surface area contributed by atoms with Gasteiger partial charge in [-0.3, -0.25) is 4.79 Å². The molecule has 2 N–H and O–H groups in total. The van der Waals surface area contributed by atoms with Crippen molar-refractivity contribution in [2.75, 3.05) is 32.8 Å². The molecule has 1 unspecified atom stereocenters. The van der Waals surface area contributed by atoms with Crippen LogP contribution in [0, 0.1) is 5.92 Å². The highest BCUT2D eigenvalue weighted by molar-refractivity contribution is 5.92. The van der Waals surface area contributed by atoms with E-state index >= 15 is 0 Å². The summed E-state index contributed by atoms with van der Waals surface area (Å²) in [4.78, 5) is 14.0. The van der Waals surface area contributed by atoms with Crippen LogP contribution in [0.25, 0.3) is 6.08 Å². The molecule has 3 rings (SSSR count). The van der Waals surface area contributed by atoms with Crippen molar-refractivity contribution in [2.24, 2.45) is 11.7 Å². The van der Waals surface area contributed by atoms with Gasteiger partial charge in [-0.25, -0.2) is 0 Å². The van der Waals surface area contributed by atoms with E-state index in [1.165, 1.54) is 0 Å². The minimum absolute atomic E-state index is 0.0424. The number of benzene rings is 1. The van der Waals surface area contributed by atoms with Gasteiger partial charge in [0, 0.05) is 19.2 Å². The van der Waals surface area contributed by atoms with Crippen LogP contribution in [0.2, 0.25) is 0 Å². The van der Waals surface area contributed by atoms with E-state index in [-0.39, 0.29) is 5.91 Å². The molecule has 2 aliphatic rings. The van der Waals surface area contributed by atoms with Crippen LogP contribution in [0.3, 0.4) is 0 Å². The molecule has 1 aromatic carbocycles. The zero-order chi connectivity index (χ0) is 14.7. The van der Waals surface area contributed by atoms with E-state index in [9.17, 15) is 4.79 Å². The number of carbonyl (C=O) groups excluding carboxylic acids is 1. The summed E-state index contributed by atoms with van der Waals surface area (Å²) in [5.74, 6) is 1.98. The lowest BCUT2D eigenvalue weighted by atomic mass is 10.1. The van der Waals surface area contributed by atoms with Crippen LogP contribution in [0.1, 0.15) is 12.0 Å². The van der Waals surface area contributed by atoms with Crippen molar-refractivity contribution in [2.45, 2.75) is 6.42 Å². The second kappa shape index (κ2) is 6.18. The van der Waals surface area contributed by atoms with Crippen LogP contribution >= 0.6 is 0 Å². The standard InChI is InChI=1S/C16H20N2O3/c17-10-13-5-6-18(11-13)16(19)4-2-12-1-3-14-15(9-12)21-8-7-20-14/h1-4,9,13H,5-8,10-11,17H2/b4-2+. The number of ether oxygens (including phenoxy) is 2. The van der Waals surface area contributed by atoms with Gasteiger partial charge >= 0.3 is 0 Å². The van der Waals surface area contributed by atoms with E-state index in [1.54, 1.807) is 6.08 Å². The topological polar surface area (TPSA) is 64.8 Å². The number of rotatable bonds is 3. The fourth-order valence-corrected chi connectivity index (χ4v) is 2.66. The molecule has 2 heterocycles. The predicted octanol–water partition coefficient (Wildman–Crippen LogP) is 1.28. The first-order valence-corrected chi connectivity index (χ1v) is 7.33. The fourth-order valence-electron chi connectivity index (χ4n) is 2.66. The summed E-state index contributed by atoms with van der Waals surface area (Å²) in [6, 6.07) is 5.69. The van der Waals surface area contributed by atoms with Crippen LogP contribution in [0.5, 0.6) is 11.5 Å². The van der Waals surface area contributed by atoms with Crippen molar-refractivity contribution in [1.82, 2.24) is 4.90 Å². The number of amides is 1. The van der Waals surface area contributed by atoms with Crippen LogP contribution in [-0.2, 0) is 4.79 Å². The third-order valence-electron chi connectivity index (χ3n) is 3.92. The van der Waals surface area contributed by atoms with Gasteiger partial charge in [-0.1, -0.05) is 6.07 Å². The van der Waals surface area contributed by atoms with E-state index < -0.39 is 0 Å². The highest BCUT2D eigenvalue weighted by Gasteiger charge is 2.23. The fraction of sp³-hybridized carbons (Fsp3) is 0.438. The molecule has 1 atom stereocenters. The van der Waals surface area contributed by atoms with Crippen molar-refractivity contribution < 1.29 is 14.3 Å². The maximum atomic E-state index is 12.1. The molecule has 1 saturated heterocycles. The lowest BCUT2D eigenvalue weighted by Gasteiger charge is -2.18. The molecule has 1 amide bonds. The molecule has 0 saturated carbocycles. The average Bonchev–Trinajstić information content (AvgIpc) is 3.01. The van der Waals surface area contributed by atoms with Crippen molar-refractivity contribution >= 4 is 12.0 Å². The molecular formula is C16H20N2O3. The maximum Gasteiger partial charge on any atom is 0.246 e. The van der Waals surface area contributed by atoms with Gasteiger partial charge in [0.05, 0.1) is 0 Å². The van der Waals surface area contributed by atoms with E-state index in [4.69, 9.17) is 15.2 Å². The van der Waals surface area contributed by atoms with Gasteiger partial charge in [0.1, 0.15) is 13.2 Å². The van der Waals surface area contributed by atoms with Crippen LogP contribution < -0.4 is 15.2 Å². The third kappa shape index (κ3) is 3.19. The summed E-state index contributed by atoms with van der Waals surface area (Å²) >= 11 is 0. The Kier molecular flexibility index (Phi) is 4.10. The normalized spacial score (nSPS) is 21.0. The molecule has 0 bridgehead atoms. The molecule has 0 spiro atoms. The third-order valence-corrected chi connectivity index (χ3v) is 3.92. The predicted molar refractivity (Wildman–Crippen MR) is 80.2 cm³/mol. The molecule has 0 radical (unpaired) electrons. The molecule has 21 heavy (non-hydrogen) atoms. The zero-order valence-corrected chi connectivity index (χ0v) is 12.0. The second-order valence-electron chi connectivity index (χ2n) is 5.41. The molecule has 0 aliphatic carbocycles. The minimum Gasteiger partial charge on any atom is -0.486 e. The maximum absolute atomic E-state index is 12.1. The molecule has 0 aromatic heterocycles. The summed E-state index contributed by atoms with van der Waals surface area (Å²) in [6.45, 7) is 3.36. The molecule has 1 aromatic rings. The van der Waals surface area contributed by atoms with Crippen LogP contribution in [0.15, 0.2) is 24.3 Å². The minimum atomic E-state index is 0.0424. The Morgan fingerprint density at radius 2 is 2.14 bits per heavy atom. The summed E-state index contributed by atoms with van der Waals surface area (Å²) in [5, 5.41) is 0. The van der Waals surface area contributed by atoms with Gasteiger partial charge in [0.15, 0.2) is 11.5 Å². The van der Waals surface area contributed by atoms with Crippen LogP contribution in [-0.4, -0.2) is 43.7 Å².